The Hall–Kier alpha value is -0.930. The highest BCUT2D eigenvalue weighted by atomic mass is 16.7. The fourth-order valence-electron chi connectivity index (χ4n) is 3.85. The summed E-state index contributed by atoms with van der Waals surface area (Å²) in [6.07, 6.45) is -13.9. The maximum atomic E-state index is 11.6. The molecule has 12 nitrogen and oxygen atoms in total. The third-order valence-corrected chi connectivity index (χ3v) is 5.56. The average Bonchev–Trinajstić information content (AvgIpc) is 2.73. The number of hydrogen-bond donors (Lipinski definition) is 7. The van der Waals surface area contributed by atoms with Crippen LogP contribution in [0.2, 0.25) is 0 Å². The van der Waals surface area contributed by atoms with E-state index in [2.05, 4.69) is 0 Å². The van der Waals surface area contributed by atoms with Crippen LogP contribution in [0.3, 0.4) is 0 Å². The van der Waals surface area contributed by atoms with Crippen molar-refractivity contribution in [3.05, 3.63) is 0 Å². The summed E-state index contributed by atoms with van der Waals surface area (Å²) in [5, 5.41) is 70.0. The largest absolute Gasteiger partial charge is 0.466 e. The Morgan fingerprint density at radius 1 is 0.871 bits per heavy atom. The SMILES string of the molecule is CCOC(=O)CC(C)C[C@@H]1O[C@H](CO)[C@@H](OC2O[C@H](CO)[C@H](O)[C@H](O)[C@H]2O)[C@H](O)[C@H]1O. The monoisotopic (exact) mass is 454 g/mol. The van der Waals surface area contributed by atoms with E-state index in [1.165, 1.54) is 0 Å². The molecule has 2 aliphatic heterocycles. The van der Waals surface area contributed by atoms with Crippen molar-refractivity contribution < 1.29 is 59.5 Å². The molecule has 12 heteroatoms. The number of ether oxygens (including phenoxy) is 4. The van der Waals surface area contributed by atoms with Crippen LogP contribution in [0.15, 0.2) is 0 Å². The van der Waals surface area contributed by atoms with Gasteiger partial charge in [0.25, 0.3) is 0 Å². The van der Waals surface area contributed by atoms with E-state index in [9.17, 15) is 40.5 Å². The van der Waals surface area contributed by atoms with Crippen LogP contribution in [-0.4, -0.2) is 123 Å². The molecule has 2 saturated heterocycles. The quantitative estimate of drug-likeness (QED) is 0.171. The Labute approximate surface area is 179 Å². The topological polar surface area (TPSA) is 196 Å². The van der Waals surface area contributed by atoms with Crippen molar-refractivity contribution in [2.75, 3.05) is 19.8 Å². The van der Waals surface area contributed by atoms with Gasteiger partial charge in [0.1, 0.15) is 48.8 Å². The predicted octanol–water partition coefficient (Wildman–Crippen LogP) is -3.37. The zero-order valence-electron chi connectivity index (χ0n) is 17.6. The number of aliphatic hydroxyl groups is 7. The Balaban J connectivity index is 2.04. The molecule has 0 bridgehead atoms. The maximum absolute atomic E-state index is 11.6. The summed E-state index contributed by atoms with van der Waals surface area (Å²) in [5.41, 5.74) is 0. The molecule has 2 aliphatic rings. The minimum atomic E-state index is -1.72. The molecule has 2 unspecified atom stereocenters. The first-order chi connectivity index (χ1) is 14.6. The first-order valence-electron chi connectivity index (χ1n) is 10.4. The lowest BCUT2D eigenvalue weighted by molar-refractivity contribution is -0.342. The number of carbonyl (C=O) groups excluding carboxylic acids is 1. The smallest absolute Gasteiger partial charge is 0.306 e. The lowest BCUT2D eigenvalue weighted by Crippen LogP contribution is -2.64. The van der Waals surface area contributed by atoms with Gasteiger partial charge in [0.05, 0.1) is 25.9 Å². The highest BCUT2D eigenvalue weighted by Crippen LogP contribution is 2.31. The van der Waals surface area contributed by atoms with Gasteiger partial charge in [-0.05, 0) is 19.3 Å². The van der Waals surface area contributed by atoms with Crippen molar-refractivity contribution in [2.45, 2.75) is 87.9 Å². The molecule has 0 aromatic carbocycles. The molecule has 7 N–H and O–H groups in total. The Kier molecular flexibility index (Phi) is 10.0. The molecular formula is C19H34O12. The van der Waals surface area contributed by atoms with Gasteiger partial charge < -0.3 is 54.7 Å². The molecule has 182 valence electrons. The molecule has 2 fully saturated rings. The summed E-state index contributed by atoms with van der Waals surface area (Å²) in [7, 11) is 0. The summed E-state index contributed by atoms with van der Waals surface area (Å²) in [6.45, 7) is 2.42. The minimum Gasteiger partial charge on any atom is -0.466 e. The van der Waals surface area contributed by atoms with Gasteiger partial charge in [0.2, 0.25) is 0 Å². The number of rotatable bonds is 9. The highest BCUT2D eigenvalue weighted by molar-refractivity contribution is 5.69. The molecule has 11 atom stereocenters. The Bertz CT molecular complexity index is 558. The van der Waals surface area contributed by atoms with E-state index < -0.39 is 80.4 Å². The Morgan fingerprint density at radius 3 is 2.06 bits per heavy atom. The van der Waals surface area contributed by atoms with Crippen LogP contribution < -0.4 is 0 Å². The van der Waals surface area contributed by atoms with Crippen molar-refractivity contribution in [1.29, 1.82) is 0 Å². The molecule has 2 heterocycles. The fourth-order valence-corrected chi connectivity index (χ4v) is 3.85. The number of aliphatic hydroxyl groups excluding tert-OH is 7. The van der Waals surface area contributed by atoms with Crippen molar-refractivity contribution in [1.82, 2.24) is 0 Å². The first-order valence-corrected chi connectivity index (χ1v) is 10.4. The van der Waals surface area contributed by atoms with E-state index in [-0.39, 0.29) is 25.4 Å². The van der Waals surface area contributed by atoms with Gasteiger partial charge in [-0.2, -0.15) is 0 Å². The van der Waals surface area contributed by atoms with Crippen LogP contribution in [0.4, 0.5) is 0 Å². The van der Waals surface area contributed by atoms with Crippen LogP contribution >= 0.6 is 0 Å². The van der Waals surface area contributed by atoms with E-state index in [4.69, 9.17) is 18.9 Å². The van der Waals surface area contributed by atoms with E-state index in [0.717, 1.165) is 0 Å². The summed E-state index contributed by atoms with van der Waals surface area (Å²) in [4.78, 5) is 11.6. The van der Waals surface area contributed by atoms with Crippen molar-refractivity contribution in [2.24, 2.45) is 5.92 Å². The second-order valence-corrected chi connectivity index (χ2v) is 8.02. The second kappa shape index (κ2) is 11.8. The normalized spacial score (nSPS) is 42.2. The number of esters is 1. The van der Waals surface area contributed by atoms with Gasteiger partial charge in [-0.25, -0.2) is 0 Å². The van der Waals surface area contributed by atoms with E-state index in [1.54, 1.807) is 13.8 Å². The standard InChI is InChI=1S/C19H34O12/c1-3-28-12(22)5-8(2)4-9-13(23)16(26)18(11(7-21)29-9)31-19-17(27)15(25)14(24)10(6-20)30-19/h8-11,13-21,23-27H,3-7H2,1-2H3/t8?,9-,10+,11+,13-,14-,15-,16+,17+,18+,19?/m0/s1. The molecule has 0 aromatic heterocycles. The zero-order chi connectivity index (χ0) is 23.3. The second-order valence-electron chi connectivity index (χ2n) is 8.02. The first kappa shape index (κ1) is 26.3. The van der Waals surface area contributed by atoms with Crippen LogP contribution in [-0.2, 0) is 23.7 Å². The molecular weight excluding hydrogens is 420 g/mol. The third kappa shape index (κ3) is 6.32. The molecule has 0 radical (unpaired) electrons. The van der Waals surface area contributed by atoms with E-state index >= 15 is 0 Å². The van der Waals surface area contributed by atoms with Gasteiger partial charge >= 0.3 is 5.97 Å². The van der Waals surface area contributed by atoms with Gasteiger partial charge in [-0.1, -0.05) is 6.92 Å². The summed E-state index contributed by atoms with van der Waals surface area (Å²) in [5.74, 6) is -0.642. The molecule has 0 aromatic rings. The van der Waals surface area contributed by atoms with Gasteiger partial charge in [-0.3, -0.25) is 4.79 Å². The highest BCUT2D eigenvalue weighted by Gasteiger charge is 2.50. The van der Waals surface area contributed by atoms with Gasteiger partial charge in [-0.15, -0.1) is 0 Å². The molecule has 0 aliphatic carbocycles. The molecule has 0 amide bonds. The van der Waals surface area contributed by atoms with Crippen molar-refractivity contribution in [3.63, 3.8) is 0 Å². The maximum Gasteiger partial charge on any atom is 0.306 e. The lowest BCUT2D eigenvalue weighted by atomic mass is 9.89. The summed E-state index contributed by atoms with van der Waals surface area (Å²) < 4.78 is 21.3. The summed E-state index contributed by atoms with van der Waals surface area (Å²) >= 11 is 0. The molecule has 0 spiro atoms. The molecule has 0 saturated carbocycles. The van der Waals surface area contributed by atoms with Crippen molar-refractivity contribution >= 4 is 5.97 Å². The average molecular weight is 454 g/mol. The predicted molar refractivity (Wildman–Crippen MR) is 101 cm³/mol. The molecule has 31 heavy (non-hydrogen) atoms. The van der Waals surface area contributed by atoms with Crippen LogP contribution in [0, 0.1) is 5.92 Å². The number of carbonyl (C=O) groups is 1. The van der Waals surface area contributed by atoms with E-state index in [1.807, 2.05) is 0 Å². The Morgan fingerprint density at radius 2 is 1.48 bits per heavy atom. The van der Waals surface area contributed by atoms with Gasteiger partial charge in [0.15, 0.2) is 6.29 Å². The lowest BCUT2D eigenvalue weighted by Gasteiger charge is -2.46. The molecule has 2 rings (SSSR count). The van der Waals surface area contributed by atoms with Crippen molar-refractivity contribution in [3.8, 4) is 0 Å². The summed E-state index contributed by atoms with van der Waals surface area (Å²) in [6, 6.07) is 0. The van der Waals surface area contributed by atoms with Crippen LogP contribution in [0.1, 0.15) is 26.7 Å². The number of hydrogen-bond acceptors (Lipinski definition) is 12. The zero-order valence-corrected chi connectivity index (χ0v) is 17.6. The van der Waals surface area contributed by atoms with Crippen LogP contribution in [0.25, 0.3) is 0 Å². The van der Waals surface area contributed by atoms with E-state index in [0.29, 0.717) is 0 Å². The van der Waals surface area contributed by atoms with Gasteiger partial charge in [0, 0.05) is 6.42 Å². The van der Waals surface area contributed by atoms with Crippen LogP contribution in [0.5, 0.6) is 0 Å². The third-order valence-electron chi connectivity index (χ3n) is 5.56. The minimum absolute atomic E-state index is 0.0884. The fraction of sp³-hybridized carbons (Fsp3) is 0.947.